The van der Waals surface area contributed by atoms with Gasteiger partial charge in [0, 0.05) is 11.8 Å². The van der Waals surface area contributed by atoms with Crippen LogP contribution in [0.15, 0.2) is 16.6 Å². The molecule has 0 unspecified atom stereocenters. The van der Waals surface area contributed by atoms with Gasteiger partial charge in [-0.05, 0) is 19.9 Å². The number of hydrogen-bond donors (Lipinski definition) is 2. The second-order valence-corrected chi connectivity index (χ2v) is 5.69. The lowest BCUT2D eigenvalue weighted by molar-refractivity contribution is -0.384. The van der Waals surface area contributed by atoms with Crippen molar-refractivity contribution >= 4 is 46.8 Å². The van der Waals surface area contributed by atoms with Crippen LogP contribution in [0.5, 0.6) is 0 Å². The molecule has 0 aliphatic rings. The number of nitrogens with zero attached hydrogens (tertiary/aromatic N) is 2. The van der Waals surface area contributed by atoms with Crippen molar-refractivity contribution in [3.63, 3.8) is 0 Å². The molecule has 1 atom stereocenters. The van der Waals surface area contributed by atoms with Crippen molar-refractivity contribution in [1.82, 2.24) is 0 Å². The maximum Gasteiger partial charge on any atom is 0.343 e. The minimum absolute atomic E-state index is 0.0398. The Balaban J connectivity index is 3.67. The molecular weight excluding hydrogens is 394 g/mol. The van der Waals surface area contributed by atoms with Gasteiger partial charge in [0.05, 0.1) is 24.2 Å². The highest BCUT2D eigenvalue weighted by atomic mass is 35.5. The fourth-order valence-electron chi connectivity index (χ4n) is 1.74. The van der Waals surface area contributed by atoms with Crippen LogP contribution in [0.2, 0.25) is 10.0 Å². The second kappa shape index (κ2) is 9.46. The van der Waals surface area contributed by atoms with E-state index in [1.165, 1.54) is 13.8 Å². The molecule has 0 fully saturated rings. The zero-order valence-corrected chi connectivity index (χ0v) is 15.2. The van der Waals surface area contributed by atoms with Gasteiger partial charge in [0.1, 0.15) is 22.2 Å². The second-order valence-electron chi connectivity index (χ2n) is 4.93. The highest BCUT2D eigenvalue weighted by Crippen LogP contribution is 2.39. The summed E-state index contributed by atoms with van der Waals surface area (Å²) in [5.74, 6) is -3.12. The number of aliphatic hydroxyl groups is 2. The van der Waals surface area contributed by atoms with Gasteiger partial charge in [-0.3, -0.25) is 15.1 Å². The fourth-order valence-corrected chi connectivity index (χ4v) is 2.31. The van der Waals surface area contributed by atoms with E-state index < -0.39 is 55.4 Å². The van der Waals surface area contributed by atoms with E-state index in [0.717, 1.165) is 6.21 Å². The SMILES string of the molecule is CCOC(=O)/C(C=N[C@@H](C)CO)=C(/O)c1cc(F)c(Cl)c([N+](=O)[O-])c1Cl. The quantitative estimate of drug-likeness (QED) is 0.136. The summed E-state index contributed by atoms with van der Waals surface area (Å²) < 4.78 is 18.7. The number of rotatable bonds is 7. The molecule has 142 valence electrons. The molecule has 8 nitrogen and oxygen atoms in total. The number of carbonyl (C=O) groups is 1. The zero-order chi connectivity index (χ0) is 20.0. The lowest BCUT2D eigenvalue weighted by Gasteiger charge is -2.10. The molecule has 0 amide bonds. The van der Waals surface area contributed by atoms with Gasteiger partial charge < -0.3 is 14.9 Å². The molecule has 1 rings (SSSR count). The average molecular weight is 409 g/mol. The van der Waals surface area contributed by atoms with Crippen molar-refractivity contribution in [2.45, 2.75) is 19.9 Å². The molecule has 11 heteroatoms. The first-order valence-corrected chi connectivity index (χ1v) is 7.97. The van der Waals surface area contributed by atoms with E-state index in [-0.39, 0.29) is 13.2 Å². The Morgan fingerprint density at radius 3 is 2.62 bits per heavy atom. The first-order valence-electron chi connectivity index (χ1n) is 7.22. The van der Waals surface area contributed by atoms with Crippen LogP contribution in [0.1, 0.15) is 19.4 Å². The minimum atomic E-state index is -1.21. The average Bonchev–Trinajstić information content (AvgIpc) is 2.57. The van der Waals surface area contributed by atoms with Gasteiger partial charge in [0.15, 0.2) is 5.02 Å². The molecule has 0 aliphatic carbocycles. The minimum Gasteiger partial charge on any atom is -0.506 e. The summed E-state index contributed by atoms with van der Waals surface area (Å²) in [4.78, 5) is 25.9. The monoisotopic (exact) mass is 408 g/mol. The van der Waals surface area contributed by atoms with Gasteiger partial charge >= 0.3 is 11.7 Å². The predicted molar refractivity (Wildman–Crippen MR) is 94.3 cm³/mol. The number of carbonyl (C=O) groups excluding carboxylic acids is 1. The third-order valence-electron chi connectivity index (χ3n) is 3.04. The van der Waals surface area contributed by atoms with Crippen LogP contribution in [0.4, 0.5) is 10.1 Å². The molecule has 0 aliphatic heterocycles. The number of aliphatic hydroxyl groups excluding tert-OH is 2. The Morgan fingerprint density at radius 2 is 2.12 bits per heavy atom. The van der Waals surface area contributed by atoms with Crippen molar-refractivity contribution < 1.29 is 29.1 Å². The summed E-state index contributed by atoms with van der Waals surface area (Å²) in [5.41, 5.74) is -2.02. The van der Waals surface area contributed by atoms with Crippen LogP contribution in [0.3, 0.4) is 0 Å². The van der Waals surface area contributed by atoms with Crippen molar-refractivity contribution in [3.8, 4) is 0 Å². The summed E-state index contributed by atoms with van der Waals surface area (Å²) in [6.45, 7) is 2.66. The van der Waals surface area contributed by atoms with Gasteiger partial charge in [-0.25, -0.2) is 9.18 Å². The van der Waals surface area contributed by atoms with Crippen LogP contribution < -0.4 is 0 Å². The largest absolute Gasteiger partial charge is 0.506 e. The molecule has 0 saturated carbocycles. The molecular formula is C15H15Cl2FN2O6. The summed E-state index contributed by atoms with van der Waals surface area (Å²) in [6.07, 6.45) is 0.906. The first-order chi connectivity index (χ1) is 12.1. The number of nitro benzene ring substituents is 1. The molecule has 1 aromatic carbocycles. The number of benzene rings is 1. The Morgan fingerprint density at radius 1 is 1.50 bits per heavy atom. The summed E-state index contributed by atoms with van der Waals surface area (Å²) in [7, 11) is 0. The van der Waals surface area contributed by atoms with E-state index in [1.807, 2.05) is 0 Å². The first kappa shape index (κ1) is 21.8. The summed E-state index contributed by atoms with van der Waals surface area (Å²) in [5, 5.41) is 28.9. The number of ether oxygens (including phenoxy) is 1. The van der Waals surface area contributed by atoms with E-state index in [2.05, 4.69) is 4.99 Å². The summed E-state index contributed by atoms with van der Waals surface area (Å²) in [6, 6.07) is 0.0363. The Labute approximate surface area is 157 Å². The van der Waals surface area contributed by atoms with Crippen molar-refractivity contribution in [2.75, 3.05) is 13.2 Å². The smallest absolute Gasteiger partial charge is 0.343 e. The Kier molecular flexibility index (Phi) is 7.94. The van der Waals surface area contributed by atoms with Crippen LogP contribution in [-0.2, 0) is 9.53 Å². The molecule has 26 heavy (non-hydrogen) atoms. The Hall–Kier alpha value is -2.23. The highest BCUT2D eigenvalue weighted by molar-refractivity contribution is 6.39. The number of aliphatic imine (C=N–C) groups is 1. The van der Waals surface area contributed by atoms with Crippen LogP contribution in [0.25, 0.3) is 5.76 Å². The number of halogens is 3. The predicted octanol–water partition coefficient (Wildman–Crippen LogP) is 3.32. The zero-order valence-electron chi connectivity index (χ0n) is 13.7. The van der Waals surface area contributed by atoms with Gasteiger partial charge in [0.25, 0.3) is 0 Å². The third-order valence-corrected chi connectivity index (χ3v) is 3.79. The van der Waals surface area contributed by atoms with E-state index >= 15 is 0 Å². The van der Waals surface area contributed by atoms with E-state index in [9.17, 15) is 24.4 Å². The highest BCUT2D eigenvalue weighted by Gasteiger charge is 2.28. The number of nitro groups is 1. The molecule has 0 saturated heterocycles. The molecule has 0 aromatic heterocycles. The van der Waals surface area contributed by atoms with Crippen molar-refractivity contribution in [2.24, 2.45) is 4.99 Å². The maximum atomic E-state index is 13.9. The van der Waals surface area contributed by atoms with Crippen molar-refractivity contribution in [3.05, 3.63) is 43.2 Å². The molecule has 1 aromatic rings. The Bertz CT molecular complexity index is 782. The van der Waals surface area contributed by atoms with Crippen LogP contribution in [-0.4, -0.2) is 46.6 Å². The molecule has 0 spiro atoms. The normalized spacial score (nSPS) is 13.5. The number of hydrogen-bond acceptors (Lipinski definition) is 7. The van der Waals surface area contributed by atoms with Crippen LogP contribution in [0, 0.1) is 15.9 Å². The van der Waals surface area contributed by atoms with Crippen molar-refractivity contribution in [1.29, 1.82) is 0 Å². The van der Waals surface area contributed by atoms with Gasteiger partial charge in [-0.2, -0.15) is 0 Å². The van der Waals surface area contributed by atoms with E-state index in [1.54, 1.807) is 0 Å². The van der Waals surface area contributed by atoms with E-state index in [4.69, 9.17) is 33.0 Å². The standard InChI is InChI=1S/C15H15Cl2FN2O6/c1-3-26-15(23)9(5-19-7(2)6-21)14(22)8-4-10(18)12(17)13(11(8)16)20(24)25/h4-5,7,21-22H,3,6H2,1-2H3/b14-9+,19-5?/t7-/m0/s1. The molecule has 0 bridgehead atoms. The lowest BCUT2D eigenvalue weighted by atomic mass is 10.1. The maximum absolute atomic E-state index is 13.9. The van der Waals surface area contributed by atoms with Crippen LogP contribution >= 0.6 is 23.2 Å². The number of esters is 1. The summed E-state index contributed by atoms with van der Waals surface area (Å²) >= 11 is 11.4. The van der Waals surface area contributed by atoms with Gasteiger partial charge in [-0.1, -0.05) is 23.2 Å². The van der Waals surface area contributed by atoms with Gasteiger partial charge in [-0.15, -0.1) is 0 Å². The van der Waals surface area contributed by atoms with Gasteiger partial charge in [0.2, 0.25) is 0 Å². The third kappa shape index (κ3) is 4.90. The van der Waals surface area contributed by atoms with E-state index in [0.29, 0.717) is 6.07 Å². The molecule has 0 radical (unpaired) electrons. The fraction of sp³-hybridized carbons (Fsp3) is 0.333. The lowest BCUT2D eigenvalue weighted by Crippen LogP contribution is -2.13. The topological polar surface area (TPSA) is 122 Å². The molecule has 2 N–H and O–H groups in total. The molecule has 0 heterocycles.